The Bertz CT molecular complexity index is 1020. The minimum Gasteiger partial charge on any atom is -0.371 e. The van der Waals surface area contributed by atoms with Crippen LogP contribution in [0.15, 0.2) is 53.4 Å². The number of rotatable bonds is 7. The number of piperazine rings is 1. The summed E-state index contributed by atoms with van der Waals surface area (Å²) < 4.78 is 25.9. The summed E-state index contributed by atoms with van der Waals surface area (Å²) in [6.45, 7) is 2.39. The molecule has 1 aliphatic heterocycles. The first-order chi connectivity index (χ1) is 14.3. The van der Waals surface area contributed by atoms with Crippen molar-refractivity contribution in [3.05, 3.63) is 58.6 Å². The van der Waals surface area contributed by atoms with Gasteiger partial charge >= 0.3 is 0 Å². The van der Waals surface area contributed by atoms with Crippen molar-refractivity contribution < 1.29 is 18.1 Å². The van der Waals surface area contributed by atoms with Gasteiger partial charge in [-0.2, -0.15) is 0 Å². The molecular formula is C19H23N5O5S. The van der Waals surface area contributed by atoms with Gasteiger partial charge < -0.3 is 15.1 Å². The maximum absolute atomic E-state index is 12.5. The van der Waals surface area contributed by atoms with Gasteiger partial charge in [0.25, 0.3) is 5.69 Å². The molecule has 0 bridgehead atoms. The SMILES string of the molecule is CNS(=O)(=O)c1ccc(NCC(=O)N2CCN(c3ccccc3)CC2)c([N+](=O)[O-])c1. The molecule has 1 heterocycles. The lowest BCUT2D eigenvalue weighted by atomic mass is 10.2. The van der Waals surface area contributed by atoms with Crippen LogP contribution < -0.4 is 14.9 Å². The number of para-hydroxylation sites is 1. The molecule has 0 radical (unpaired) electrons. The van der Waals surface area contributed by atoms with E-state index < -0.39 is 20.6 Å². The second-order valence-corrected chi connectivity index (χ2v) is 8.59. The van der Waals surface area contributed by atoms with Crippen LogP contribution in [-0.4, -0.2) is 63.9 Å². The summed E-state index contributed by atoms with van der Waals surface area (Å²) in [6.07, 6.45) is 0. The number of anilines is 2. The Kier molecular flexibility index (Phi) is 6.53. The molecule has 2 aromatic carbocycles. The summed E-state index contributed by atoms with van der Waals surface area (Å²) in [5, 5.41) is 14.1. The molecule has 2 N–H and O–H groups in total. The molecule has 0 aliphatic carbocycles. The van der Waals surface area contributed by atoms with Crippen LogP contribution >= 0.6 is 0 Å². The van der Waals surface area contributed by atoms with Gasteiger partial charge in [0.1, 0.15) is 5.69 Å². The molecule has 0 aromatic heterocycles. The molecule has 0 atom stereocenters. The van der Waals surface area contributed by atoms with Crippen LogP contribution in [0.4, 0.5) is 17.1 Å². The number of carbonyl (C=O) groups is 1. The molecule has 1 aliphatic rings. The lowest BCUT2D eigenvalue weighted by Crippen LogP contribution is -2.50. The van der Waals surface area contributed by atoms with Crippen LogP contribution in [0.25, 0.3) is 0 Å². The number of benzene rings is 2. The van der Waals surface area contributed by atoms with Gasteiger partial charge in [0, 0.05) is 37.9 Å². The lowest BCUT2D eigenvalue weighted by Gasteiger charge is -2.36. The van der Waals surface area contributed by atoms with E-state index in [2.05, 4.69) is 14.9 Å². The number of hydrogen-bond donors (Lipinski definition) is 2. The summed E-state index contributed by atoms with van der Waals surface area (Å²) in [6, 6.07) is 13.5. The zero-order valence-corrected chi connectivity index (χ0v) is 17.3. The minimum atomic E-state index is -3.81. The van der Waals surface area contributed by atoms with Gasteiger partial charge in [-0.15, -0.1) is 0 Å². The first-order valence-electron chi connectivity index (χ1n) is 9.35. The second-order valence-electron chi connectivity index (χ2n) is 6.70. The van der Waals surface area contributed by atoms with Crippen molar-refractivity contribution >= 4 is 33.0 Å². The van der Waals surface area contributed by atoms with Crippen LogP contribution in [0.1, 0.15) is 0 Å². The van der Waals surface area contributed by atoms with E-state index in [9.17, 15) is 23.3 Å². The first-order valence-corrected chi connectivity index (χ1v) is 10.8. The fourth-order valence-corrected chi connectivity index (χ4v) is 3.98. The number of hydrogen-bond acceptors (Lipinski definition) is 7. The average molecular weight is 433 g/mol. The van der Waals surface area contributed by atoms with Crippen molar-refractivity contribution in [3.63, 3.8) is 0 Å². The van der Waals surface area contributed by atoms with Crippen molar-refractivity contribution in [1.29, 1.82) is 0 Å². The highest BCUT2D eigenvalue weighted by Crippen LogP contribution is 2.27. The third-order valence-electron chi connectivity index (χ3n) is 4.93. The molecule has 1 amide bonds. The third kappa shape index (κ3) is 4.86. The highest BCUT2D eigenvalue weighted by Gasteiger charge is 2.23. The standard InChI is InChI=1S/C19H23N5O5S/c1-20-30(28,29)16-7-8-17(18(13-16)24(26)27)21-14-19(25)23-11-9-22(10-12-23)15-5-3-2-4-6-15/h2-8,13,20-21H,9-12,14H2,1H3. The van der Waals surface area contributed by atoms with Crippen LogP contribution in [0.5, 0.6) is 0 Å². The Morgan fingerprint density at radius 1 is 1.10 bits per heavy atom. The highest BCUT2D eigenvalue weighted by atomic mass is 32.2. The Balaban J connectivity index is 1.61. The quantitative estimate of drug-likeness (QED) is 0.497. The lowest BCUT2D eigenvalue weighted by molar-refractivity contribution is -0.384. The van der Waals surface area contributed by atoms with E-state index in [4.69, 9.17) is 0 Å². The molecule has 0 unspecified atom stereocenters. The molecule has 30 heavy (non-hydrogen) atoms. The van der Waals surface area contributed by atoms with E-state index in [1.54, 1.807) is 4.90 Å². The molecule has 11 heteroatoms. The number of carbonyl (C=O) groups excluding carboxylic acids is 1. The van der Waals surface area contributed by atoms with Gasteiger partial charge in [0.05, 0.1) is 16.4 Å². The Morgan fingerprint density at radius 2 is 1.77 bits per heavy atom. The smallest absolute Gasteiger partial charge is 0.293 e. The molecule has 160 valence electrons. The molecule has 1 fully saturated rings. The van der Waals surface area contributed by atoms with Gasteiger partial charge in [0.2, 0.25) is 15.9 Å². The number of nitro benzene ring substituents is 1. The van der Waals surface area contributed by atoms with E-state index in [0.717, 1.165) is 11.8 Å². The Morgan fingerprint density at radius 3 is 2.37 bits per heavy atom. The summed E-state index contributed by atoms with van der Waals surface area (Å²) in [5.74, 6) is -0.177. The van der Waals surface area contributed by atoms with Gasteiger partial charge in [-0.1, -0.05) is 18.2 Å². The molecule has 0 saturated carbocycles. The summed E-state index contributed by atoms with van der Waals surface area (Å²) >= 11 is 0. The molecule has 10 nitrogen and oxygen atoms in total. The van der Waals surface area contributed by atoms with E-state index in [1.165, 1.54) is 19.2 Å². The maximum Gasteiger partial charge on any atom is 0.293 e. The summed E-state index contributed by atoms with van der Waals surface area (Å²) in [5.41, 5.74) is 0.786. The summed E-state index contributed by atoms with van der Waals surface area (Å²) in [4.78, 5) is 26.9. The molecule has 1 saturated heterocycles. The van der Waals surface area contributed by atoms with Gasteiger partial charge in [-0.25, -0.2) is 13.1 Å². The van der Waals surface area contributed by atoms with Crippen molar-refractivity contribution in [2.24, 2.45) is 0 Å². The molecular weight excluding hydrogens is 410 g/mol. The van der Waals surface area contributed by atoms with Crippen LogP contribution in [0.2, 0.25) is 0 Å². The molecule has 0 spiro atoms. The van der Waals surface area contributed by atoms with Crippen LogP contribution in [0, 0.1) is 10.1 Å². The van der Waals surface area contributed by atoms with Crippen LogP contribution in [-0.2, 0) is 14.8 Å². The minimum absolute atomic E-state index is 0.0892. The Labute approximate surface area is 174 Å². The van der Waals surface area contributed by atoms with E-state index in [1.807, 2.05) is 30.3 Å². The molecule has 2 aromatic rings. The number of nitrogens with zero attached hydrogens (tertiary/aromatic N) is 3. The maximum atomic E-state index is 12.5. The van der Waals surface area contributed by atoms with E-state index >= 15 is 0 Å². The second kappa shape index (κ2) is 9.09. The summed E-state index contributed by atoms with van der Waals surface area (Å²) in [7, 11) is -2.58. The average Bonchev–Trinajstić information content (AvgIpc) is 2.78. The van der Waals surface area contributed by atoms with Crippen molar-refractivity contribution in [3.8, 4) is 0 Å². The first kappa shape index (κ1) is 21.5. The third-order valence-corrected chi connectivity index (χ3v) is 6.34. The monoisotopic (exact) mass is 433 g/mol. The topological polar surface area (TPSA) is 125 Å². The fourth-order valence-electron chi connectivity index (χ4n) is 3.23. The fraction of sp³-hybridized carbons (Fsp3) is 0.316. The zero-order chi connectivity index (χ0) is 21.7. The van der Waals surface area contributed by atoms with Crippen LogP contribution in [0.3, 0.4) is 0 Å². The van der Waals surface area contributed by atoms with Crippen molar-refractivity contribution in [1.82, 2.24) is 9.62 Å². The van der Waals surface area contributed by atoms with Crippen molar-refractivity contribution in [2.45, 2.75) is 4.90 Å². The molecule has 3 rings (SSSR count). The predicted molar refractivity (Wildman–Crippen MR) is 113 cm³/mol. The number of sulfonamides is 1. The number of amides is 1. The van der Waals surface area contributed by atoms with Gasteiger partial charge in [-0.3, -0.25) is 14.9 Å². The number of nitro groups is 1. The largest absolute Gasteiger partial charge is 0.371 e. The predicted octanol–water partition coefficient (Wildman–Crippen LogP) is 1.26. The normalized spacial score (nSPS) is 14.4. The zero-order valence-electron chi connectivity index (χ0n) is 16.4. The van der Waals surface area contributed by atoms with Gasteiger partial charge in [-0.05, 0) is 31.3 Å². The number of nitrogens with one attached hydrogen (secondary N) is 2. The highest BCUT2D eigenvalue weighted by molar-refractivity contribution is 7.89. The Hall–Kier alpha value is -3.18. The van der Waals surface area contributed by atoms with E-state index in [0.29, 0.717) is 26.2 Å². The van der Waals surface area contributed by atoms with Gasteiger partial charge in [0.15, 0.2) is 0 Å². The van der Waals surface area contributed by atoms with Crippen molar-refractivity contribution in [2.75, 3.05) is 50.0 Å². The van der Waals surface area contributed by atoms with E-state index in [-0.39, 0.29) is 23.0 Å².